The Morgan fingerprint density at radius 3 is 2.67 bits per heavy atom. The third-order valence-corrected chi connectivity index (χ3v) is 2.51. The third-order valence-electron chi connectivity index (χ3n) is 2.26. The van der Waals surface area contributed by atoms with Crippen LogP contribution < -0.4 is 0 Å². The van der Waals surface area contributed by atoms with Crippen LogP contribution in [0.15, 0.2) is 24.3 Å². The van der Waals surface area contributed by atoms with Gasteiger partial charge >= 0.3 is 0 Å². The molecule has 0 aliphatic carbocycles. The number of benzene rings is 1. The summed E-state index contributed by atoms with van der Waals surface area (Å²) < 4.78 is 0. The van der Waals surface area contributed by atoms with E-state index in [0.717, 1.165) is 17.3 Å². The van der Waals surface area contributed by atoms with E-state index in [2.05, 4.69) is 27.5 Å². The largest absolute Gasteiger partial charge is 0.177 e. The molecule has 0 radical (unpaired) electrons. The molecule has 1 aromatic heterocycles. The lowest BCUT2D eigenvalue weighted by Gasteiger charge is -2.06. The minimum absolute atomic E-state index is 0.255. The fraction of sp³-hybridized carbons (Fsp3) is 0.300. The molecule has 0 spiro atoms. The zero-order chi connectivity index (χ0) is 10.7. The van der Waals surface area contributed by atoms with Crippen LogP contribution in [0.25, 0.3) is 0 Å². The van der Waals surface area contributed by atoms with Crippen molar-refractivity contribution in [2.45, 2.75) is 19.3 Å². The molecule has 1 atom stereocenters. The first kappa shape index (κ1) is 10.1. The van der Waals surface area contributed by atoms with Crippen molar-refractivity contribution < 1.29 is 0 Å². The van der Waals surface area contributed by atoms with Crippen LogP contribution in [-0.4, -0.2) is 20.6 Å². The van der Waals surface area contributed by atoms with Gasteiger partial charge in [0.1, 0.15) is 0 Å². The Morgan fingerprint density at radius 2 is 2.07 bits per heavy atom. The molecule has 5 heteroatoms. The molecule has 0 saturated carbocycles. The Balaban J connectivity index is 2.06. The van der Waals surface area contributed by atoms with Crippen molar-refractivity contribution in [1.82, 2.24) is 20.6 Å². The smallest absolute Gasteiger partial charge is 0.177 e. The van der Waals surface area contributed by atoms with E-state index in [0.29, 0.717) is 0 Å². The highest BCUT2D eigenvalue weighted by atomic mass is 35.5. The lowest BCUT2D eigenvalue weighted by atomic mass is 10.0. The van der Waals surface area contributed by atoms with Crippen LogP contribution in [0, 0.1) is 0 Å². The van der Waals surface area contributed by atoms with Crippen molar-refractivity contribution >= 4 is 11.6 Å². The number of H-pyrrole nitrogens is 1. The van der Waals surface area contributed by atoms with Crippen LogP contribution >= 0.6 is 11.6 Å². The van der Waals surface area contributed by atoms with E-state index >= 15 is 0 Å². The molecule has 4 nitrogen and oxygen atoms in total. The summed E-state index contributed by atoms with van der Waals surface area (Å²) in [4.78, 5) is 0. The molecule has 0 fully saturated rings. The summed E-state index contributed by atoms with van der Waals surface area (Å²) in [5.74, 6) is 0.995. The molecule has 78 valence electrons. The number of aromatic amines is 1. The number of nitrogens with zero attached hydrogens (tertiary/aromatic N) is 3. The molecule has 1 heterocycles. The topological polar surface area (TPSA) is 54.5 Å². The zero-order valence-electron chi connectivity index (χ0n) is 8.31. The van der Waals surface area contributed by atoms with Gasteiger partial charge in [-0.2, -0.15) is 5.21 Å². The molecular weight excluding hydrogens is 212 g/mol. The highest BCUT2D eigenvalue weighted by Crippen LogP contribution is 2.17. The minimum atomic E-state index is 0.255. The van der Waals surface area contributed by atoms with Gasteiger partial charge < -0.3 is 0 Å². The molecule has 2 aromatic rings. The Labute approximate surface area is 92.7 Å². The average molecular weight is 223 g/mol. The van der Waals surface area contributed by atoms with E-state index < -0.39 is 0 Å². The van der Waals surface area contributed by atoms with Gasteiger partial charge in [0.05, 0.1) is 0 Å². The maximum Gasteiger partial charge on any atom is 0.177 e. The molecule has 1 unspecified atom stereocenters. The van der Waals surface area contributed by atoms with E-state index in [1.54, 1.807) is 0 Å². The van der Waals surface area contributed by atoms with Gasteiger partial charge in [0.2, 0.25) is 0 Å². The average Bonchev–Trinajstić information content (AvgIpc) is 2.74. The number of hydrogen-bond acceptors (Lipinski definition) is 3. The van der Waals surface area contributed by atoms with Crippen LogP contribution in [0.4, 0.5) is 0 Å². The lowest BCUT2D eigenvalue weighted by Crippen LogP contribution is -2.00. The molecule has 2 rings (SSSR count). The summed E-state index contributed by atoms with van der Waals surface area (Å²) in [7, 11) is 0. The number of hydrogen-bond donors (Lipinski definition) is 1. The van der Waals surface area contributed by atoms with E-state index in [-0.39, 0.29) is 5.92 Å². The van der Waals surface area contributed by atoms with Crippen LogP contribution in [0.5, 0.6) is 0 Å². The van der Waals surface area contributed by atoms with E-state index in [4.69, 9.17) is 11.6 Å². The van der Waals surface area contributed by atoms with Gasteiger partial charge in [-0.25, -0.2) is 0 Å². The molecule has 0 saturated heterocycles. The van der Waals surface area contributed by atoms with Crippen molar-refractivity contribution in [3.05, 3.63) is 40.7 Å². The van der Waals surface area contributed by atoms with Crippen molar-refractivity contribution in [2.75, 3.05) is 0 Å². The zero-order valence-corrected chi connectivity index (χ0v) is 9.07. The van der Waals surface area contributed by atoms with E-state index in [9.17, 15) is 0 Å². The normalized spacial score (nSPS) is 12.7. The quantitative estimate of drug-likeness (QED) is 0.866. The Hall–Kier alpha value is -1.42. The summed E-state index contributed by atoms with van der Waals surface area (Å²) in [5, 5.41) is 14.7. The van der Waals surface area contributed by atoms with Gasteiger partial charge in [-0.1, -0.05) is 35.9 Å². The first-order chi connectivity index (χ1) is 7.25. The fourth-order valence-electron chi connectivity index (χ4n) is 1.44. The molecule has 1 N–H and O–H groups in total. The van der Waals surface area contributed by atoms with Gasteiger partial charge in [-0.3, -0.25) is 0 Å². The Kier molecular flexibility index (Phi) is 2.97. The SMILES string of the molecule is CC(Cc1ccc(Cl)cc1)c1nn[nH]n1. The van der Waals surface area contributed by atoms with Gasteiger partial charge in [0.25, 0.3) is 0 Å². The standard InChI is InChI=1S/C10H11ClN4/c1-7(10-12-14-15-13-10)6-8-2-4-9(11)5-3-8/h2-5,7H,6H2,1H3,(H,12,13,14,15). The first-order valence-electron chi connectivity index (χ1n) is 4.73. The predicted molar refractivity (Wildman–Crippen MR) is 57.7 cm³/mol. The molecule has 1 aromatic carbocycles. The highest BCUT2D eigenvalue weighted by Gasteiger charge is 2.10. The van der Waals surface area contributed by atoms with Crippen LogP contribution in [0.3, 0.4) is 0 Å². The Bertz CT molecular complexity index is 409. The van der Waals surface area contributed by atoms with Gasteiger partial charge in [0.15, 0.2) is 5.82 Å². The highest BCUT2D eigenvalue weighted by molar-refractivity contribution is 6.30. The molecule has 0 aliphatic heterocycles. The number of nitrogens with one attached hydrogen (secondary N) is 1. The number of aromatic nitrogens is 4. The predicted octanol–water partition coefficient (Wildman–Crippen LogP) is 2.20. The maximum absolute atomic E-state index is 5.81. The summed E-state index contributed by atoms with van der Waals surface area (Å²) in [6, 6.07) is 7.80. The summed E-state index contributed by atoms with van der Waals surface area (Å²) in [6.07, 6.45) is 0.886. The van der Waals surface area contributed by atoms with Crippen molar-refractivity contribution in [3.63, 3.8) is 0 Å². The van der Waals surface area contributed by atoms with Crippen molar-refractivity contribution in [2.24, 2.45) is 0 Å². The van der Waals surface area contributed by atoms with Crippen molar-refractivity contribution in [3.8, 4) is 0 Å². The fourth-order valence-corrected chi connectivity index (χ4v) is 1.57. The van der Waals surface area contributed by atoms with E-state index in [1.165, 1.54) is 5.56 Å². The molecule has 0 aliphatic rings. The summed E-state index contributed by atoms with van der Waals surface area (Å²) in [6.45, 7) is 2.07. The maximum atomic E-state index is 5.81. The second kappa shape index (κ2) is 4.40. The van der Waals surface area contributed by atoms with Crippen LogP contribution in [0.1, 0.15) is 24.2 Å². The monoisotopic (exact) mass is 222 g/mol. The molecule has 0 amide bonds. The second-order valence-corrected chi connectivity index (χ2v) is 3.94. The number of tetrazole rings is 1. The van der Waals surface area contributed by atoms with Gasteiger partial charge in [0, 0.05) is 10.9 Å². The van der Waals surface area contributed by atoms with Gasteiger partial charge in [-0.05, 0) is 24.1 Å². The molecule has 15 heavy (non-hydrogen) atoms. The van der Waals surface area contributed by atoms with Crippen LogP contribution in [0.2, 0.25) is 5.02 Å². The minimum Gasteiger partial charge on any atom is -0.177 e. The lowest BCUT2D eigenvalue weighted by molar-refractivity contribution is 0.700. The van der Waals surface area contributed by atoms with Crippen LogP contribution in [-0.2, 0) is 6.42 Å². The third kappa shape index (κ3) is 2.53. The second-order valence-electron chi connectivity index (χ2n) is 3.50. The van der Waals surface area contributed by atoms with E-state index in [1.807, 2.05) is 24.3 Å². The molecule has 0 bridgehead atoms. The first-order valence-corrected chi connectivity index (χ1v) is 5.11. The number of rotatable bonds is 3. The summed E-state index contributed by atoms with van der Waals surface area (Å²) >= 11 is 5.81. The van der Waals surface area contributed by atoms with Crippen molar-refractivity contribution in [1.29, 1.82) is 0 Å². The summed E-state index contributed by atoms with van der Waals surface area (Å²) in [5.41, 5.74) is 1.22. The van der Waals surface area contributed by atoms with Gasteiger partial charge in [-0.15, -0.1) is 10.2 Å². The Morgan fingerprint density at radius 1 is 1.33 bits per heavy atom. The molecular formula is C10H11ClN4. The number of halogens is 1.